The Labute approximate surface area is 115 Å². The zero-order chi connectivity index (χ0) is 13.1. The second-order valence-electron chi connectivity index (χ2n) is 4.19. The van der Waals surface area contributed by atoms with Crippen LogP contribution in [0.5, 0.6) is 0 Å². The molecular weight excluding hydrogens is 273 g/mol. The molecule has 1 aromatic carbocycles. The van der Waals surface area contributed by atoms with E-state index in [9.17, 15) is 0 Å². The van der Waals surface area contributed by atoms with Gasteiger partial charge in [-0.3, -0.25) is 0 Å². The minimum atomic E-state index is 0.312. The minimum Gasteiger partial charge on any atom is -0.339 e. The minimum absolute atomic E-state index is 0.312. The summed E-state index contributed by atoms with van der Waals surface area (Å²) in [7, 11) is 0. The second-order valence-corrected chi connectivity index (χ2v) is 5.00. The fraction of sp³-hybridized carbons (Fsp3) is 0.333. The maximum absolute atomic E-state index is 5.94. The number of nitrogens with two attached hydrogens (primary N) is 1. The molecule has 0 radical (unpaired) electrons. The first kappa shape index (κ1) is 13.3. The van der Waals surface area contributed by atoms with E-state index >= 15 is 0 Å². The van der Waals surface area contributed by atoms with Gasteiger partial charge in [0, 0.05) is 12.0 Å². The van der Waals surface area contributed by atoms with Gasteiger partial charge in [0.25, 0.3) is 0 Å². The molecule has 2 rings (SSSR count). The summed E-state index contributed by atoms with van der Waals surface area (Å²) < 4.78 is 5.17. The van der Waals surface area contributed by atoms with E-state index in [2.05, 4.69) is 10.1 Å². The van der Waals surface area contributed by atoms with Crippen LogP contribution in [0, 0.1) is 5.92 Å². The molecule has 18 heavy (non-hydrogen) atoms. The third-order valence-electron chi connectivity index (χ3n) is 2.57. The molecule has 0 aliphatic heterocycles. The van der Waals surface area contributed by atoms with Gasteiger partial charge in [-0.2, -0.15) is 4.98 Å². The van der Waals surface area contributed by atoms with Crippen molar-refractivity contribution in [1.82, 2.24) is 10.1 Å². The Morgan fingerprint density at radius 1 is 1.33 bits per heavy atom. The number of hydrogen-bond acceptors (Lipinski definition) is 4. The lowest BCUT2D eigenvalue weighted by Crippen LogP contribution is -2.13. The number of benzene rings is 1. The van der Waals surface area contributed by atoms with E-state index in [-0.39, 0.29) is 0 Å². The summed E-state index contributed by atoms with van der Waals surface area (Å²) in [6.07, 6.45) is 0.671. The van der Waals surface area contributed by atoms with Crippen LogP contribution in [0.2, 0.25) is 10.0 Å². The van der Waals surface area contributed by atoms with Crippen LogP contribution in [0.3, 0.4) is 0 Å². The van der Waals surface area contributed by atoms with Gasteiger partial charge in [-0.05, 0) is 30.7 Å². The number of aromatic nitrogens is 2. The molecule has 2 aromatic rings. The molecule has 0 bridgehead atoms. The largest absolute Gasteiger partial charge is 0.339 e. The van der Waals surface area contributed by atoms with Crippen LogP contribution in [-0.4, -0.2) is 16.7 Å². The van der Waals surface area contributed by atoms with E-state index in [4.69, 9.17) is 33.5 Å². The Kier molecular flexibility index (Phi) is 4.22. The molecule has 1 heterocycles. The van der Waals surface area contributed by atoms with Crippen LogP contribution in [0.25, 0.3) is 11.4 Å². The number of nitrogens with zero attached hydrogens (tertiary/aromatic N) is 2. The van der Waals surface area contributed by atoms with Crippen LogP contribution in [0.15, 0.2) is 22.7 Å². The van der Waals surface area contributed by atoms with Crippen LogP contribution in [-0.2, 0) is 6.42 Å². The van der Waals surface area contributed by atoms with E-state index in [1.165, 1.54) is 0 Å². The van der Waals surface area contributed by atoms with Gasteiger partial charge in [0.2, 0.25) is 11.7 Å². The fourth-order valence-corrected chi connectivity index (χ4v) is 1.77. The predicted molar refractivity (Wildman–Crippen MR) is 71.7 cm³/mol. The Hall–Kier alpha value is -1.10. The summed E-state index contributed by atoms with van der Waals surface area (Å²) in [6.45, 7) is 2.62. The summed E-state index contributed by atoms with van der Waals surface area (Å²) >= 11 is 11.8. The Balaban J connectivity index is 2.21. The van der Waals surface area contributed by atoms with Gasteiger partial charge in [-0.1, -0.05) is 35.3 Å². The number of halogens is 2. The molecule has 0 fully saturated rings. The third-order valence-corrected chi connectivity index (χ3v) is 3.31. The van der Waals surface area contributed by atoms with Crippen molar-refractivity contribution >= 4 is 23.2 Å². The lowest BCUT2D eigenvalue weighted by molar-refractivity contribution is 0.360. The van der Waals surface area contributed by atoms with Crippen LogP contribution in [0.1, 0.15) is 12.8 Å². The Bertz CT molecular complexity index is 542. The molecule has 6 heteroatoms. The Morgan fingerprint density at radius 3 is 2.78 bits per heavy atom. The molecule has 0 amide bonds. The topological polar surface area (TPSA) is 64.9 Å². The molecule has 1 atom stereocenters. The van der Waals surface area contributed by atoms with E-state index in [0.717, 1.165) is 5.56 Å². The highest BCUT2D eigenvalue weighted by Gasteiger charge is 2.12. The van der Waals surface area contributed by atoms with Crippen molar-refractivity contribution in [1.29, 1.82) is 0 Å². The molecule has 2 N–H and O–H groups in total. The number of hydrogen-bond donors (Lipinski definition) is 1. The van der Waals surface area contributed by atoms with Gasteiger partial charge in [-0.25, -0.2) is 0 Å². The molecule has 4 nitrogen and oxygen atoms in total. The highest BCUT2D eigenvalue weighted by molar-refractivity contribution is 6.42. The van der Waals surface area contributed by atoms with Gasteiger partial charge in [0.05, 0.1) is 10.0 Å². The summed E-state index contributed by atoms with van der Waals surface area (Å²) in [5.74, 6) is 1.40. The SMILES string of the molecule is CC(CN)Cc1nc(-c2ccc(Cl)c(Cl)c2)no1. The molecule has 0 aliphatic carbocycles. The molecule has 1 unspecified atom stereocenters. The van der Waals surface area contributed by atoms with Crippen LogP contribution in [0.4, 0.5) is 0 Å². The monoisotopic (exact) mass is 285 g/mol. The summed E-state index contributed by atoms with van der Waals surface area (Å²) in [6, 6.07) is 5.22. The summed E-state index contributed by atoms with van der Waals surface area (Å²) in [5, 5.41) is 4.89. The molecule has 0 spiro atoms. The zero-order valence-corrected chi connectivity index (χ0v) is 11.4. The van der Waals surface area contributed by atoms with Gasteiger partial charge in [-0.15, -0.1) is 0 Å². The van der Waals surface area contributed by atoms with Gasteiger partial charge < -0.3 is 10.3 Å². The van der Waals surface area contributed by atoms with E-state index in [1.807, 2.05) is 6.92 Å². The lowest BCUT2D eigenvalue weighted by atomic mass is 10.1. The number of rotatable bonds is 4. The maximum atomic E-state index is 5.94. The zero-order valence-electron chi connectivity index (χ0n) is 9.86. The van der Waals surface area contributed by atoms with E-state index < -0.39 is 0 Å². The van der Waals surface area contributed by atoms with Crippen molar-refractivity contribution in [2.45, 2.75) is 13.3 Å². The van der Waals surface area contributed by atoms with Gasteiger partial charge in [0.15, 0.2) is 0 Å². The fourth-order valence-electron chi connectivity index (χ4n) is 1.47. The first-order valence-electron chi connectivity index (χ1n) is 5.58. The van der Waals surface area contributed by atoms with Crippen molar-refractivity contribution in [3.05, 3.63) is 34.1 Å². The van der Waals surface area contributed by atoms with Gasteiger partial charge in [0.1, 0.15) is 0 Å². The van der Waals surface area contributed by atoms with Crippen LogP contribution >= 0.6 is 23.2 Å². The molecule has 1 aromatic heterocycles. The first-order chi connectivity index (χ1) is 8.60. The van der Waals surface area contributed by atoms with Crippen molar-refractivity contribution < 1.29 is 4.52 Å². The predicted octanol–water partition coefficient (Wildman–Crippen LogP) is 3.18. The molecular formula is C12H13Cl2N3O. The Morgan fingerprint density at radius 2 is 2.11 bits per heavy atom. The smallest absolute Gasteiger partial charge is 0.227 e. The van der Waals surface area contributed by atoms with Crippen molar-refractivity contribution in [3.8, 4) is 11.4 Å². The second kappa shape index (κ2) is 5.69. The highest BCUT2D eigenvalue weighted by atomic mass is 35.5. The van der Waals surface area contributed by atoms with Crippen LogP contribution < -0.4 is 5.73 Å². The molecule has 0 saturated heterocycles. The third kappa shape index (κ3) is 3.02. The quantitative estimate of drug-likeness (QED) is 0.937. The van der Waals surface area contributed by atoms with Crippen molar-refractivity contribution in [2.75, 3.05) is 6.54 Å². The van der Waals surface area contributed by atoms with E-state index in [0.29, 0.717) is 40.6 Å². The average molecular weight is 286 g/mol. The van der Waals surface area contributed by atoms with Crippen molar-refractivity contribution in [3.63, 3.8) is 0 Å². The lowest BCUT2D eigenvalue weighted by Gasteiger charge is -2.02. The highest BCUT2D eigenvalue weighted by Crippen LogP contribution is 2.27. The molecule has 0 aliphatic rings. The summed E-state index contributed by atoms with van der Waals surface area (Å²) in [4.78, 5) is 4.30. The first-order valence-corrected chi connectivity index (χ1v) is 6.34. The van der Waals surface area contributed by atoms with Gasteiger partial charge >= 0.3 is 0 Å². The maximum Gasteiger partial charge on any atom is 0.227 e. The van der Waals surface area contributed by atoms with Crippen molar-refractivity contribution in [2.24, 2.45) is 11.7 Å². The summed E-state index contributed by atoms with van der Waals surface area (Å²) in [5.41, 5.74) is 6.33. The molecule has 96 valence electrons. The average Bonchev–Trinajstić information content (AvgIpc) is 2.81. The van der Waals surface area contributed by atoms with E-state index in [1.54, 1.807) is 18.2 Å². The standard InChI is InChI=1S/C12H13Cl2N3O/c1-7(6-15)4-11-16-12(17-18-11)8-2-3-9(13)10(14)5-8/h2-3,5,7H,4,6,15H2,1H3. The normalized spacial score (nSPS) is 12.7. The molecule has 0 saturated carbocycles.